The van der Waals surface area contributed by atoms with Gasteiger partial charge in [-0.1, -0.05) is 21.1 Å². The number of carbonyl (C=O) groups excluding carboxylic acids is 1. The maximum absolute atomic E-state index is 11.9. The van der Waals surface area contributed by atoms with Crippen molar-refractivity contribution in [3.05, 3.63) is 46.2 Å². The normalized spacial score (nSPS) is 10.4. The third-order valence-corrected chi connectivity index (χ3v) is 3.08. The Morgan fingerprint density at radius 2 is 2.26 bits per heavy atom. The van der Waals surface area contributed by atoms with Crippen LogP contribution in [-0.4, -0.2) is 27.4 Å². The van der Waals surface area contributed by atoms with E-state index in [1.807, 2.05) is 25.1 Å². The highest BCUT2D eigenvalue weighted by Gasteiger charge is 2.06. The molecule has 0 radical (unpaired) electrons. The lowest BCUT2D eigenvalue weighted by Crippen LogP contribution is -2.25. The molecule has 0 aliphatic heterocycles. The Morgan fingerprint density at radius 1 is 1.42 bits per heavy atom. The molecule has 0 aliphatic rings. The van der Waals surface area contributed by atoms with Crippen molar-refractivity contribution in [2.45, 2.75) is 19.9 Å². The summed E-state index contributed by atoms with van der Waals surface area (Å²) >= 11 is 3.39. The van der Waals surface area contributed by atoms with E-state index >= 15 is 0 Å². The summed E-state index contributed by atoms with van der Waals surface area (Å²) in [6.45, 7) is 3.33. The SMILES string of the molecule is Cc1cc(Br)cc(C(=O)NCCCn2ccnn2)c1. The molecule has 6 heteroatoms. The van der Waals surface area contributed by atoms with Crippen LogP contribution in [0.5, 0.6) is 0 Å². The first-order chi connectivity index (χ1) is 9.15. The molecule has 19 heavy (non-hydrogen) atoms. The largest absolute Gasteiger partial charge is 0.352 e. The van der Waals surface area contributed by atoms with Crippen molar-refractivity contribution in [1.82, 2.24) is 20.3 Å². The number of carbonyl (C=O) groups is 1. The van der Waals surface area contributed by atoms with E-state index < -0.39 is 0 Å². The smallest absolute Gasteiger partial charge is 0.251 e. The molecule has 2 rings (SSSR count). The van der Waals surface area contributed by atoms with Gasteiger partial charge in [0.25, 0.3) is 5.91 Å². The van der Waals surface area contributed by atoms with Gasteiger partial charge in [0.2, 0.25) is 0 Å². The lowest BCUT2D eigenvalue weighted by Gasteiger charge is -2.06. The lowest BCUT2D eigenvalue weighted by molar-refractivity contribution is 0.0952. The van der Waals surface area contributed by atoms with Crippen LogP contribution in [0.25, 0.3) is 0 Å². The molecule has 0 aliphatic carbocycles. The zero-order valence-corrected chi connectivity index (χ0v) is 12.2. The Hall–Kier alpha value is -1.69. The van der Waals surface area contributed by atoms with Crippen molar-refractivity contribution in [3.63, 3.8) is 0 Å². The van der Waals surface area contributed by atoms with Gasteiger partial charge in [-0.3, -0.25) is 9.48 Å². The van der Waals surface area contributed by atoms with Crippen LogP contribution in [0.2, 0.25) is 0 Å². The third kappa shape index (κ3) is 4.17. The van der Waals surface area contributed by atoms with Crippen molar-refractivity contribution in [3.8, 4) is 0 Å². The van der Waals surface area contributed by atoms with Gasteiger partial charge in [0.15, 0.2) is 0 Å². The lowest BCUT2D eigenvalue weighted by atomic mass is 10.1. The number of hydrogen-bond donors (Lipinski definition) is 1. The molecule has 0 bridgehead atoms. The second kappa shape index (κ2) is 6.47. The van der Waals surface area contributed by atoms with Crippen LogP contribution in [0.1, 0.15) is 22.3 Å². The maximum Gasteiger partial charge on any atom is 0.251 e. The molecule has 1 N–H and O–H groups in total. The number of hydrogen-bond acceptors (Lipinski definition) is 3. The standard InChI is InChI=1S/C13H15BrN4O/c1-10-7-11(9-12(14)8-10)13(19)15-3-2-5-18-6-4-16-17-18/h4,6-9H,2-3,5H2,1H3,(H,15,19). The molecular formula is C13H15BrN4O. The summed E-state index contributed by atoms with van der Waals surface area (Å²) in [5.41, 5.74) is 1.73. The number of nitrogens with one attached hydrogen (secondary N) is 1. The number of halogens is 1. The van der Waals surface area contributed by atoms with Crippen LogP contribution in [0.3, 0.4) is 0 Å². The van der Waals surface area contributed by atoms with Gasteiger partial charge in [0.1, 0.15) is 0 Å². The summed E-state index contributed by atoms with van der Waals surface area (Å²) in [4.78, 5) is 11.9. The molecule has 1 aromatic carbocycles. The highest BCUT2D eigenvalue weighted by molar-refractivity contribution is 9.10. The minimum absolute atomic E-state index is 0.0528. The van der Waals surface area contributed by atoms with Crippen LogP contribution in [-0.2, 0) is 6.54 Å². The molecule has 1 aromatic heterocycles. The molecule has 2 aromatic rings. The van der Waals surface area contributed by atoms with Gasteiger partial charge in [-0.05, 0) is 37.1 Å². The van der Waals surface area contributed by atoms with E-state index in [4.69, 9.17) is 0 Å². The zero-order chi connectivity index (χ0) is 13.7. The van der Waals surface area contributed by atoms with Crippen molar-refractivity contribution in [2.75, 3.05) is 6.54 Å². The minimum Gasteiger partial charge on any atom is -0.352 e. The van der Waals surface area contributed by atoms with E-state index in [9.17, 15) is 4.79 Å². The molecular weight excluding hydrogens is 308 g/mol. The van der Waals surface area contributed by atoms with Gasteiger partial charge >= 0.3 is 0 Å². The highest BCUT2D eigenvalue weighted by Crippen LogP contribution is 2.15. The fraction of sp³-hybridized carbons (Fsp3) is 0.308. The quantitative estimate of drug-likeness (QED) is 0.858. The fourth-order valence-electron chi connectivity index (χ4n) is 1.76. The molecule has 0 saturated heterocycles. The Balaban J connectivity index is 1.80. The fourth-order valence-corrected chi connectivity index (χ4v) is 2.37. The van der Waals surface area contributed by atoms with Crippen LogP contribution < -0.4 is 5.32 Å². The van der Waals surface area contributed by atoms with Gasteiger partial charge in [0.05, 0.1) is 6.20 Å². The van der Waals surface area contributed by atoms with Crippen LogP contribution >= 0.6 is 15.9 Å². The van der Waals surface area contributed by atoms with Crippen LogP contribution in [0, 0.1) is 6.92 Å². The first-order valence-electron chi connectivity index (χ1n) is 6.04. The second-order valence-corrected chi connectivity index (χ2v) is 5.21. The van der Waals surface area contributed by atoms with Crippen LogP contribution in [0.4, 0.5) is 0 Å². The Bertz CT molecular complexity index is 534. The molecule has 0 unspecified atom stereocenters. The molecule has 100 valence electrons. The summed E-state index contributed by atoms with van der Waals surface area (Å²) in [5, 5.41) is 10.5. The Morgan fingerprint density at radius 3 is 2.95 bits per heavy atom. The van der Waals surface area contributed by atoms with E-state index in [1.54, 1.807) is 17.1 Å². The van der Waals surface area contributed by atoms with E-state index in [0.29, 0.717) is 12.1 Å². The van der Waals surface area contributed by atoms with Gasteiger partial charge in [-0.25, -0.2) is 0 Å². The van der Waals surface area contributed by atoms with Crippen molar-refractivity contribution >= 4 is 21.8 Å². The Kier molecular flexibility index (Phi) is 4.68. The molecule has 5 nitrogen and oxygen atoms in total. The van der Waals surface area contributed by atoms with Crippen molar-refractivity contribution in [1.29, 1.82) is 0 Å². The monoisotopic (exact) mass is 322 g/mol. The molecule has 0 spiro atoms. The average molecular weight is 323 g/mol. The van der Waals surface area contributed by atoms with E-state index in [0.717, 1.165) is 23.0 Å². The predicted octanol–water partition coefficient (Wildman–Crippen LogP) is 2.17. The molecule has 1 heterocycles. The highest BCUT2D eigenvalue weighted by atomic mass is 79.9. The molecule has 0 atom stereocenters. The average Bonchev–Trinajstić information content (AvgIpc) is 2.86. The van der Waals surface area contributed by atoms with E-state index in [1.165, 1.54) is 0 Å². The second-order valence-electron chi connectivity index (χ2n) is 4.29. The number of nitrogens with zero attached hydrogens (tertiary/aromatic N) is 3. The molecule has 0 saturated carbocycles. The number of aryl methyl sites for hydroxylation is 2. The summed E-state index contributed by atoms with van der Waals surface area (Å²) in [5.74, 6) is -0.0528. The van der Waals surface area contributed by atoms with Gasteiger partial charge in [-0.15, -0.1) is 5.10 Å². The first kappa shape index (κ1) is 13.7. The van der Waals surface area contributed by atoms with Gasteiger partial charge in [0, 0.05) is 29.3 Å². The molecule has 0 fully saturated rings. The maximum atomic E-state index is 11.9. The van der Waals surface area contributed by atoms with Crippen LogP contribution in [0.15, 0.2) is 35.1 Å². The molecule has 1 amide bonds. The third-order valence-electron chi connectivity index (χ3n) is 2.63. The van der Waals surface area contributed by atoms with Gasteiger partial charge in [-0.2, -0.15) is 0 Å². The minimum atomic E-state index is -0.0528. The van der Waals surface area contributed by atoms with Gasteiger partial charge < -0.3 is 5.32 Å². The van der Waals surface area contributed by atoms with E-state index in [-0.39, 0.29) is 5.91 Å². The topological polar surface area (TPSA) is 59.8 Å². The van der Waals surface area contributed by atoms with E-state index in [2.05, 4.69) is 31.6 Å². The Labute approximate surface area is 120 Å². The summed E-state index contributed by atoms with van der Waals surface area (Å²) in [6.07, 6.45) is 4.27. The summed E-state index contributed by atoms with van der Waals surface area (Å²) in [7, 11) is 0. The number of benzene rings is 1. The number of amides is 1. The van der Waals surface area contributed by atoms with Crippen molar-refractivity contribution < 1.29 is 4.79 Å². The summed E-state index contributed by atoms with van der Waals surface area (Å²) < 4.78 is 2.66. The predicted molar refractivity (Wildman–Crippen MR) is 75.9 cm³/mol. The zero-order valence-electron chi connectivity index (χ0n) is 10.6. The summed E-state index contributed by atoms with van der Waals surface area (Å²) in [6, 6.07) is 5.67. The number of aromatic nitrogens is 3. The van der Waals surface area contributed by atoms with Crippen molar-refractivity contribution in [2.24, 2.45) is 0 Å². The number of rotatable bonds is 5. The first-order valence-corrected chi connectivity index (χ1v) is 6.84.